The van der Waals surface area contributed by atoms with E-state index in [0.29, 0.717) is 42.8 Å². The summed E-state index contributed by atoms with van der Waals surface area (Å²) >= 11 is 0. The summed E-state index contributed by atoms with van der Waals surface area (Å²) in [6, 6.07) is 5.80. The second-order valence-electron chi connectivity index (χ2n) is 12.7. The van der Waals surface area contributed by atoms with Gasteiger partial charge in [-0.2, -0.15) is 9.97 Å². The quantitative estimate of drug-likeness (QED) is 0.179. The fourth-order valence-corrected chi connectivity index (χ4v) is 7.64. The molecule has 0 radical (unpaired) electrons. The highest BCUT2D eigenvalue weighted by molar-refractivity contribution is 6.03. The Balaban J connectivity index is 1.34. The summed E-state index contributed by atoms with van der Waals surface area (Å²) in [4.78, 5) is 18.6. The molecule has 3 N–H and O–H groups in total. The van der Waals surface area contributed by atoms with Gasteiger partial charge >= 0.3 is 6.01 Å². The van der Waals surface area contributed by atoms with Crippen LogP contribution in [-0.2, 0) is 0 Å². The van der Waals surface area contributed by atoms with Crippen LogP contribution in [0.25, 0.3) is 32.9 Å². The number of unbranched alkanes of at least 4 members (excludes halogenated alkanes) is 1. The number of ether oxygens (including phenoxy) is 1. The molecule has 2 aromatic heterocycles. The molecule has 240 valence electrons. The Morgan fingerprint density at radius 3 is 2.72 bits per heavy atom. The fourth-order valence-electron chi connectivity index (χ4n) is 7.64. The first-order valence-corrected chi connectivity index (χ1v) is 16.2. The van der Waals surface area contributed by atoms with Gasteiger partial charge in [-0.15, -0.1) is 6.42 Å². The molecule has 3 aliphatic heterocycles. The van der Waals surface area contributed by atoms with Gasteiger partial charge < -0.3 is 25.2 Å². The number of halogens is 2. The molecule has 0 amide bonds. The van der Waals surface area contributed by atoms with E-state index in [0.717, 1.165) is 58.0 Å². The van der Waals surface area contributed by atoms with E-state index in [-0.39, 0.29) is 57.7 Å². The lowest BCUT2D eigenvalue weighted by Crippen LogP contribution is -2.51. The number of fused-ring (bicyclic) bond motifs is 3. The molecule has 1 unspecified atom stereocenters. The van der Waals surface area contributed by atoms with E-state index in [2.05, 4.69) is 31.0 Å². The van der Waals surface area contributed by atoms with Gasteiger partial charge in [0, 0.05) is 49.4 Å². The van der Waals surface area contributed by atoms with Crippen LogP contribution in [0.2, 0.25) is 0 Å². The number of hydrogen-bond donors (Lipinski definition) is 3. The van der Waals surface area contributed by atoms with Gasteiger partial charge in [-0.25, -0.2) is 8.78 Å². The Bertz CT molecular complexity index is 1820. The number of aliphatic hydroxyl groups is 1. The number of hydrogen-bond acceptors (Lipinski definition) is 9. The van der Waals surface area contributed by atoms with E-state index in [1.165, 1.54) is 30.5 Å². The highest BCUT2D eigenvalue weighted by Crippen LogP contribution is 2.41. The van der Waals surface area contributed by atoms with E-state index in [9.17, 15) is 14.6 Å². The van der Waals surface area contributed by atoms with E-state index >= 15 is 4.39 Å². The number of aliphatic hydroxyl groups excluding tert-OH is 1. The number of terminal acetylenes is 1. The molecule has 5 heterocycles. The molecule has 3 fully saturated rings. The average molecular weight is 629 g/mol. The third kappa shape index (κ3) is 5.48. The third-order valence-corrected chi connectivity index (χ3v) is 9.89. The van der Waals surface area contributed by atoms with Crippen LogP contribution in [0, 0.1) is 24.0 Å². The van der Waals surface area contributed by atoms with Crippen molar-refractivity contribution in [2.24, 2.45) is 0 Å². The minimum Gasteiger partial charge on any atom is -0.508 e. The van der Waals surface area contributed by atoms with Crippen molar-refractivity contribution in [1.29, 1.82) is 0 Å². The molecule has 1 atom stereocenters. The van der Waals surface area contributed by atoms with Crippen LogP contribution in [0.15, 0.2) is 30.5 Å². The number of phenols is 1. The van der Waals surface area contributed by atoms with Crippen molar-refractivity contribution < 1.29 is 23.7 Å². The summed E-state index contributed by atoms with van der Waals surface area (Å²) in [6.45, 7) is 4.67. The van der Waals surface area contributed by atoms with Gasteiger partial charge in [0.2, 0.25) is 0 Å². The molecule has 2 aromatic carbocycles. The lowest BCUT2D eigenvalue weighted by molar-refractivity contribution is 0.108. The van der Waals surface area contributed by atoms with Crippen LogP contribution >= 0.6 is 0 Å². The number of nitrogens with one attached hydrogen (secondary N) is 1. The molecule has 3 saturated heterocycles. The van der Waals surface area contributed by atoms with Gasteiger partial charge in [0.25, 0.3) is 0 Å². The largest absolute Gasteiger partial charge is 0.508 e. The number of aromatic nitrogens is 3. The molecular weight excluding hydrogens is 590 g/mol. The highest BCUT2D eigenvalue weighted by Gasteiger charge is 2.45. The molecule has 0 bridgehead atoms. The lowest BCUT2D eigenvalue weighted by atomic mass is 9.95. The van der Waals surface area contributed by atoms with Crippen molar-refractivity contribution in [3.05, 3.63) is 47.7 Å². The van der Waals surface area contributed by atoms with Gasteiger partial charge in [0.1, 0.15) is 35.2 Å². The molecule has 0 saturated carbocycles. The second kappa shape index (κ2) is 12.6. The van der Waals surface area contributed by atoms with Crippen LogP contribution in [-0.4, -0.2) is 87.6 Å². The van der Waals surface area contributed by atoms with E-state index in [1.54, 1.807) is 0 Å². The standard InChI is InChI=1S/C35H38F2N6O3/c1-2-25-28(36)9-8-22-17-24(45)18-26(29(22)25)31-30(37)32-27(19-39-31)33(42-15-12-38-23(20-42)7-3-4-16-44)41-34(40-32)46-21-35-10-5-13-43(35)14-6-11-35/h1,8-9,17-19,23,38,44-45H,3-7,10-16,20-21H2. The Labute approximate surface area is 266 Å². The molecule has 11 heteroatoms. The number of benzene rings is 2. The summed E-state index contributed by atoms with van der Waals surface area (Å²) in [5, 5.41) is 24.5. The molecule has 7 rings (SSSR count). The van der Waals surface area contributed by atoms with Crippen LogP contribution in [0.5, 0.6) is 11.8 Å². The van der Waals surface area contributed by atoms with Crippen LogP contribution in [0.4, 0.5) is 14.6 Å². The monoisotopic (exact) mass is 628 g/mol. The Hall–Kier alpha value is -4.11. The van der Waals surface area contributed by atoms with Crippen LogP contribution in [0.1, 0.15) is 50.5 Å². The number of aromatic hydroxyl groups is 1. The van der Waals surface area contributed by atoms with Crippen LogP contribution in [0.3, 0.4) is 0 Å². The first-order valence-electron chi connectivity index (χ1n) is 16.2. The molecule has 9 nitrogen and oxygen atoms in total. The maximum Gasteiger partial charge on any atom is 0.319 e. The Morgan fingerprint density at radius 1 is 1.11 bits per heavy atom. The summed E-state index contributed by atoms with van der Waals surface area (Å²) in [5.41, 5.74) is 0.00398. The summed E-state index contributed by atoms with van der Waals surface area (Å²) < 4.78 is 38.0. The topological polar surface area (TPSA) is 107 Å². The van der Waals surface area contributed by atoms with Crippen molar-refractivity contribution in [3.63, 3.8) is 0 Å². The third-order valence-electron chi connectivity index (χ3n) is 9.89. The number of nitrogens with zero attached hydrogens (tertiary/aromatic N) is 5. The van der Waals surface area contributed by atoms with Crippen molar-refractivity contribution >= 4 is 27.5 Å². The zero-order valence-corrected chi connectivity index (χ0v) is 25.7. The normalized spacial score (nSPS) is 19.5. The van der Waals surface area contributed by atoms with Gasteiger partial charge in [-0.05, 0) is 81.6 Å². The van der Waals surface area contributed by atoms with Gasteiger partial charge in [-0.1, -0.05) is 12.0 Å². The van der Waals surface area contributed by atoms with Gasteiger partial charge in [0.15, 0.2) is 5.82 Å². The summed E-state index contributed by atoms with van der Waals surface area (Å²) in [6.07, 6.45) is 14.1. The highest BCUT2D eigenvalue weighted by atomic mass is 19.1. The molecule has 4 aromatic rings. The SMILES string of the molecule is C#Cc1c(F)ccc2cc(O)cc(-c3ncc4c(N5CCNC(CCCCO)C5)nc(OCC56CCCN5CCC6)nc4c3F)c12. The first-order chi connectivity index (χ1) is 22.4. The van der Waals surface area contributed by atoms with Crippen molar-refractivity contribution in [1.82, 2.24) is 25.2 Å². The maximum absolute atomic E-state index is 16.8. The molecule has 0 spiro atoms. The van der Waals surface area contributed by atoms with Crippen LogP contribution < -0.4 is 15.0 Å². The van der Waals surface area contributed by atoms with E-state index < -0.39 is 11.6 Å². The molecule has 3 aliphatic rings. The van der Waals surface area contributed by atoms with Gasteiger partial charge in [0.05, 0.1) is 16.5 Å². The smallest absolute Gasteiger partial charge is 0.319 e. The maximum atomic E-state index is 16.8. The van der Waals surface area contributed by atoms with Gasteiger partial charge in [-0.3, -0.25) is 9.88 Å². The number of pyridine rings is 1. The zero-order chi connectivity index (χ0) is 31.8. The predicted molar refractivity (Wildman–Crippen MR) is 173 cm³/mol. The van der Waals surface area contributed by atoms with Crippen molar-refractivity contribution in [2.45, 2.75) is 56.5 Å². The lowest BCUT2D eigenvalue weighted by Gasteiger charge is -2.35. The average Bonchev–Trinajstić information content (AvgIpc) is 3.65. The minimum atomic E-state index is -0.735. The zero-order valence-electron chi connectivity index (χ0n) is 25.7. The molecule has 46 heavy (non-hydrogen) atoms. The number of rotatable bonds is 9. The predicted octanol–water partition coefficient (Wildman–Crippen LogP) is 4.76. The Morgan fingerprint density at radius 2 is 1.93 bits per heavy atom. The van der Waals surface area contributed by atoms with E-state index in [1.807, 2.05) is 0 Å². The number of phenolic OH excluding ortho intramolecular Hbond substituents is 1. The fraction of sp³-hybridized carbons (Fsp3) is 0.457. The van der Waals surface area contributed by atoms with Crippen molar-refractivity contribution in [2.75, 3.05) is 50.8 Å². The van der Waals surface area contributed by atoms with E-state index in [4.69, 9.17) is 16.1 Å². The van der Waals surface area contributed by atoms with Crippen molar-refractivity contribution in [3.8, 4) is 35.4 Å². The molecule has 0 aliphatic carbocycles. The Kier molecular flexibility index (Phi) is 8.36. The number of anilines is 1. The molecular formula is C35H38F2N6O3. The second-order valence-corrected chi connectivity index (χ2v) is 12.7. The number of piperazine rings is 1. The first kappa shape index (κ1) is 30.5. The summed E-state index contributed by atoms with van der Waals surface area (Å²) in [5.74, 6) is 1.44. The summed E-state index contributed by atoms with van der Waals surface area (Å²) in [7, 11) is 0. The minimum absolute atomic E-state index is 0.0303.